The monoisotopic (exact) mass is 284 g/mol. The highest BCUT2D eigenvalue weighted by atomic mass is 35.5. The highest BCUT2D eigenvalue weighted by Gasteiger charge is 2.06. The third-order valence-electron chi connectivity index (χ3n) is 2.24. The molecule has 0 heterocycles. The first-order chi connectivity index (χ1) is 9.11. The molecule has 5 nitrogen and oxygen atoms in total. The molecular formula is C13H17ClN2O3. The van der Waals surface area contributed by atoms with Crippen molar-refractivity contribution >= 4 is 29.3 Å². The van der Waals surface area contributed by atoms with Gasteiger partial charge in [0.1, 0.15) is 6.54 Å². The molecule has 6 heteroatoms. The molecule has 0 aliphatic rings. The summed E-state index contributed by atoms with van der Waals surface area (Å²) >= 11 is 5.78. The zero-order valence-electron chi connectivity index (χ0n) is 10.7. The van der Waals surface area contributed by atoms with E-state index in [1.54, 1.807) is 24.3 Å². The summed E-state index contributed by atoms with van der Waals surface area (Å²) in [7, 11) is 0. The Hall–Kier alpha value is -1.75. The van der Waals surface area contributed by atoms with Crippen molar-refractivity contribution in [1.82, 2.24) is 5.32 Å². The average molecular weight is 285 g/mol. The molecular weight excluding hydrogens is 268 g/mol. The van der Waals surface area contributed by atoms with Crippen molar-refractivity contribution in [3.05, 3.63) is 29.3 Å². The predicted octanol–water partition coefficient (Wildman–Crippen LogP) is 2.80. The van der Waals surface area contributed by atoms with E-state index in [9.17, 15) is 9.59 Å². The number of urea groups is 1. The first kappa shape index (κ1) is 15.3. The first-order valence-electron chi connectivity index (χ1n) is 6.08. The number of ether oxygens (including phenoxy) is 1. The molecule has 1 rings (SSSR count). The van der Waals surface area contributed by atoms with Gasteiger partial charge in [-0.15, -0.1) is 0 Å². The second-order valence-electron chi connectivity index (χ2n) is 3.89. The van der Waals surface area contributed by atoms with Crippen LogP contribution in [0.1, 0.15) is 19.8 Å². The molecule has 0 spiro atoms. The van der Waals surface area contributed by atoms with Crippen molar-refractivity contribution in [2.75, 3.05) is 18.5 Å². The van der Waals surface area contributed by atoms with Gasteiger partial charge in [0, 0.05) is 10.7 Å². The number of unbranched alkanes of at least 4 members (excludes halogenated alkanes) is 1. The van der Waals surface area contributed by atoms with Crippen molar-refractivity contribution < 1.29 is 14.3 Å². The first-order valence-corrected chi connectivity index (χ1v) is 6.45. The number of rotatable bonds is 6. The quantitative estimate of drug-likeness (QED) is 0.623. The molecule has 0 aliphatic heterocycles. The number of hydrogen-bond donors (Lipinski definition) is 2. The number of hydrogen-bond acceptors (Lipinski definition) is 3. The van der Waals surface area contributed by atoms with Gasteiger partial charge in [-0.05, 0) is 24.6 Å². The number of carbonyl (C=O) groups is 2. The maximum Gasteiger partial charge on any atom is 0.325 e. The van der Waals surface area contributed by atoms with Gasteiger partial charge in [-0.2, -0.15) is 0 Å². The molecule has 2 N–H and O–H groups in total. The smallest absolute Gasteiger partial charge is 0.325 e. The molecule has 0 saturated heterocycles. The normalized spacial score (nSPS) is 9.79. The minimum Gasteiger partial charge on any atom is -0.464 e. The number of nitrogens with one attached hydrogen (secondary N) is 2. The highest BCUT2D eigenvalue weighted by molar-refractivity contribution is 6.30. The second-order valence-corrected chi connectivity index (χ2v) is 4.33. The summed E-state index contributed by atoms with van der Waals surface area (Å²) in [6.45, 7) is 2.23. The highest BCUT2D eigenvalue weighted by Crippen LogP contribution is 2.14. The Morgan fingerprint density at radius 1 is 1.37 bits per heavy atom. The molecule has 0 radical (unpaired) electrons. The van der Waals surface area contributed by atoms with Crippen LogP contribution in [-0.2, 0) is 9.53 Å². The van der Waals surface area contributed by atoms with Gasteiger partial charge in [0.2, 0.25) is 0 Å². The lowest BCUT2D eigenvalue weighted by Crippen LogP contribution is -2.34. The molecule has 0 unspecified atom stereocenters. The van der Waals surface area contributed by atoms with Crippen molar-refractivity contribution in [3.8, 4) is 0 Å². The number of halogens is 1. The zero-order valence-corrected chi connectivity index (χ0v) is 11.5. The lowest BCUT2D eigenvalue weighted by Gasteiger charge is -2.08. The Labute approximate surface area is 117 Å². The lowest BCUT2D eigenvalue weighted by atomic mass is 10.3. The van der Waals surface area contributed by atoms with Crippen molar-refractivity contribution in [2.45, 2.75) is 19.8 Å². The van der Waals surface area contributed by atoms with Crippen LogP contribution in [0.2, 0.25) is 5.02 Å². The Bertz CT molecular complexity index is 438. The Morgan fingerprint density at radius 3 is 2.84 bits per heavy atom. The summed E-state index contributed by atoms with van der Waals surface area (Å²) in [5, 5.41) is 5.50. The van der Waals surface area contributed by atoms with E-state index in [-0.39, 0.29) is 6.54 Å². The SMILES string of the molecule is CCCCOC(=O)CNC(=O)Nc1cccc(Cl)c1. The fourth-order valence-corrected chi connectivity index (χ4v) is 1.47. The number of benzene rings is 1. The van der Waals surface area contributed by atoms with E-state index in [0.717, 1.165) is 12.8 Å². The van der Waals surface area contributed by atoms with Crippen LogP contribution in [0, 0.1) is 0 Å². The van der Waals surface area contributed by atoms with Crippen LogP contribution in [-0.4, -0.2) is 25.2 Å². The van der Waals surface area contributed by atoms with Gasteiger partial charge in [-0.1, -0.05) is 31.0 Å². The molecule has 0 saturated carbocycles. The van der Waals surface area contributed by atoms with Gasteiger partial charge >= 0.3 is 12.0 Å². The number of amides is 2. The summed E-state index contributed by atoms with van der Waals surface area (Å²) in [5.74, 6) is -0.449. The minimum absolute atomic E-state index is 0.157. The summed E-state index contributed by atoms with van der Waals surface area (Å²) < 4.78 is 4.90. The van der Waals surface area contributed by atoms with Crippen LogP contribution >= 0.6 is 11.6 Å². The fraction of sp³-hybridized carbons (Fsp3) is 0.385. The van der Waals surface area contributed by atoms with Crippen LogP contribution in [0.3, 0.4) is 0 Å². The molecule has 0 aliphatic carbocycles. The number of anilines is 1. The van der Waals surface area contributed by atoms with Gasteiger partial charge < -0.3 is 15.4 Å². The van der Waals surface area contributed by atoms with E-state index in [1.165, 1.54) is 0 Å². The summed E-state index contributed by atoms with van der Waals surface area (Å²) in [5.41, 5.74) is 0.560. The van der Waals surface area contributed by atoms with E-state index in [4.69, 9.17) is 16.3 Å². The Morgan fingerprint density at radius 2 is 2.16 bits per heavy atom. The summed E-state index contributed by atoms with van der Waals surface area (Å²) in [4.78, 5) is 22.7. The standard InChI is InChI=1S/C13H17ClN2O3/c1-2-3-7-19-12(17)9-15-13(18)16-11-6-4-5-10(14)8-11/h4-6,8H,2-3,7,9H2,1H3,(H2,15,16,18). The van der Waals surface area contributed by atoms with Gasteiger partial charge in [-0.3, -0.25) is 4.79 Å². The van der Waals surface area contributed by atoms with Crippen molar-refractivity contribution in [3.63, 3.8) is 0 Å². The van der Waals surface area contributed by atoms with Crippen LogP contribution < -0.4 is 10.6 Å². The van der Waals surface area contributed by atoms with Crippen LogP contribution in [0.15, 0.2) is 24.3 Å². The average Bonchev–Trinajstić information content (AvgIpc) is 2.37. The molecule has 0 atom stereocenters. The van der Waals surface area contributed by atoms with Gasteiger partial charge in [0.15, 0.2) is 0 Å². The maximum atomic E-state index is 11.5. The third-order valence-corrected chi connectivity index (χ3v) is 2.47. The van der Waals surface area contributed by atoms with Gasteiger partial charge in [-0.25, -0.2) is 4.79 Å². The zero-order chi connectivity index (χ0) is 14.1. The number of esters is 1. The van der Waals surface area contributed by atoms with Crippen molar-refractivity contribution in [2.24, 2.45) is 0 Å². The molecule has 1 aromatic rings. The molecule has 0 bridgehead atoms. The number of carbonyl (C=O) groups excluding carboxylic acids is 2. The topological polar surface area (TPSA) is 67.4 Å². The van der Waals surface area contributed by atoms with E-state index < -0.39 is 12.0 Å². The summed E-state index contributed by atoms with van der Waals surface area (Å²) in [6.07, 6.45) is 1.77. The molecule has 2 amide bonds. The lowest BCUT2D eigenvalue weighted by molar-refractivity contribution is -0.142. The van der Waals surface area contributed by atoms with E-state index in [2.05, 4.69) is 10.6 Å². The summed E-state index contributed by atoms with van der Waals surface area (Å²) in [6, 6.07) is 6.26. The van der Waals surface area contributed by atoms with Crippen LogP contribution in [0.4, 0.5) is 10.5 Å². The van der Waals surface area contributed by atoms with Crippen molar-refractivity contribution in [1.29, 1.82) is 0 Å². The molecule has 1 aromatic carbocycles. The Balaban J connectivity index is 2.26. The fourth-order valence-electron chi connectivity index (χ4n) is 1.28. The van der Waals surface area contributed by atoms with E-state index in [1.807, 2.05) is 6.92 Å². The molecule has 19 heavy (non-hydrogen) atoms. The van der Waals surface area contributed by atoms with Gasteiger partial charge in [0.05, 0.1) is 6.61 Å². The van der Waals surface area contributed by atoms with E-state index >= 15 is 0 Å². The molecule has 0 fully saturated rings. The van der Waals surface area contributed by atoms with Crippen LogP contribution in [0.5, 0.6) is 0 Å². The largest absolute Gasteiger partial charge is 0.464 e. The second kappa shape index (κ2) is 8.37. The van der Waals surface area contributed by atoms with E-state index in [0.29, 0.717) is 17.3 Å². The molecule has 104 valence electrons. The van der Waals surface area contributed by atoms with Gasteiger partial charge in [0.25, 0.3) is 0 Å². The third kappa shape index (κ3) is 6.67. The van der Waals surface area contributed by atoms with Crippen LogP contribution in [0.25, 0.3) is 0 Å². The molecule has 0 aromatic heterocycles. The predicted molar refractivity (Wildman–Crippen MR) is 74.3 cm³/mol. The maximum absolute atomic E-state index is 11.5. The minimum atomic E-state index is -0.477. The Kier molecular flexibility index (Phi) is 6.74.